The van der Waals surface area contributed by atoms with Crippen molar-refractivity contribution < 1.29 is 19.1 Å². The number of rotatable bonds is 6. The summed E-state index contributed by atoms with van der Waals surface area (Å²) >= 11 is 0. The molecule has 10 nitrogen and oxygen atoms in total. The lowest BCUT2D eigenvalue weighted by molar-refractivity contribution is 0.0510. The van der Waals surface area contributed by atoms with Crippen molar-refractivity contribution in [2.45, 2.75) is 13.8 Å². The van der Waals surface area contributed by atoms with E-state index in [1.54, 1.807) is 13.8 Å². The fraction of sp³-hybridized carbons (Fsp3) is 0.200. The van der Waals surface area contributed by atoms with Gasteiger partial charge in [0.2, 0.25) is 0 Å². The van der Waals surface area contributed by atoms with Crippen LogP contribution in [0.2, 0.25) is 0 Å². The van der Waals surface area contributed by atoms with Crippen LogP contribution in [0.4, 0.5) is 0 Å². The van der Waals surface area contributed by atoms with Gasteiger partial charge in [-0.3, -0.25) is 0 Å². The van der Waals surface area contributed by atoms with E-state index in [-0.39, 0.29) is 24.6 Å². The van der Waals surface area contributed by atoms with E-state index in [1.165, 1.54) is 21.8 Å². The topological polar surface area (TPSA) is 114 Å². The van der Waals surface area contributed by atoms with E-state index in [0.717, 1.165) is 10.8 Å². The average Bonchev–Trinajstić information content (AvgIpc) is 3.43. The molecule has 0 aliphatic heterocycles. The summed E-state index contributed by atoms with van der Waals surface area (Å²) in [5.41, 5.74) is 1.58. The highest BCUT2D eigenvalue weighted by Gasteiger charge is 2.17. The number of hydrogen-bond donors (Lipinski definition) is 0. The molecule has 0 amide bonds. The Morgan fingerprint density at radius 1 is 0.800 bits per heavy atom. The average molecular weight is 406 g/mol. The zero-order chi connectivity index (χ0) is 21.1. The van der Waals surface area contributed by atoms with Crippen molar-refractivity contribution in [2.75, 3.05) is 13.2 Å². The summed E-state index contributed by atoms with van der Waals surface area (Å²) in [6.07, 6.45) is 3.02. The number of ether oxygens (including phenoxy) is 2. The molecule has 0 bridgehead atoms. The van der Waals surface area contributed by atoms with Crippen LogP contribution in [-0.2, 0) is 9.47 Å². The molecule has 0 N–H and O–H groups in total. The largest absolute Gasteiger partial charge is 0.461 e. The molecule has 4 rings (SSSR count). The van der Waals surface area contributed by atoms with Gasteiger partial charge in [-0.25, -0.2) is 19.0 Å². The van der Waals surface area contributed by atoms with E-state index >= 15 is 0 Å². The first-order chi connectivity index (χ1) is 14.6. The molecule has 0 aliphatic carbocycles. The molecule has 0 saturated heterocycles. The number of hydrogen-bond acceptors (Lipinski definition) is 8. The molecule has 0 aliphatic rings. The SMILES string of the molecule is CCOC(=O)c1cn(-c2cccc3cccc(-n4cc(C(=O)OCC)nn4)c23)nn1. The van der Waals surface area contributed by atoms with Gasteiger partial charge in [0.05, 0.1) is 37.0 Å². The van der Waals surface area contributed by atoms with Crippen molar-refractivity contribution in [1.29, 1.82) is 0 Å². The molecule has 0 spiro atoms. The van der Waals surface area contributed by atoms with Gasteiger partial charge in [-0.15, -0.1) is 10.2 Å². The molecule has 2 heterocycles. The van der Waals surface area contributed by atoms with Gasteiger partial charge in [-0.05, 0) is 31.4 Å². The number of carbonyl (C=O) groups excluding carboxylic acids is 2. The van der Waals surface area contributed by atoms with Crippen molar-refractivity contribution in [2.24, 2.45) is 0 Å². The maximum Gasteiger partial charge on any atom is 0.360 e. The number of carbonyl (C=O) groups is 2. The van der Waals surface area contributed by atoms with Crippen molar-refractivity contribution in [3.05, 3.63) is 60.2 Å². The predicted octanol–water partition coefficient (Wildman–Crippen LogP) is 2.35. The van der Waals surface area contributed by atoms with Crippen LogP contribution in [0.5, 0.6) is 0 Å². The molecule has 0 atom stereocenters. The van der Waals surface area contributed by atoms with Gasteiger partial charge in [0.15, 0.2) is 11.4 Å². The van der Waals surface area contributed by atoms with Crippen LogP contribution in [0, 0.1) is 0 Å². The van der Waals surface area contributed by atoms with Crippen molar-refractivity contribution in [1.82, 2.24) is 30.0 Å². The predicted molar refractivity (Wildman–Crippen MR) is 106 cm³/mol. The Kier molecular flexibility index (Phi) is 5.21. The Balaban J connectivity index is 1.82. The van der Waals surface area contributed by atoms with E-state index in [2.05, 4.69) is 20.6 Å². The fourth-order valence-electron chi connectivity index (χ4n) is 3.04. The highest BCUT2D eigenvalue weighted by molar-refractivity contribution is 5.97. The molecule has 2 aromatic heterocycles. The van der Waals surface area contributed by atoms with Gasteiger partial charge in [-0.2, -0.15) is 0 Å². The van der Waals surface area contributed by atoms with Gasteiger partial charge < -0.3 is 9.47 Å². The van der Waals surface area contributed by atoms with Crippen LogP contribution < -0.4 is 0 Å². The summed E-state index contributed by atoms with van der Waals surface area (Å²) in [7, 11) is 0. The third-order valence-electron chi connectivity index (χ3n) is 4.31. The van der Waals surface area contributed by atoms with E-state index in [4.69, 9.17) is 9.47 Å². The standard InChI is InChI=1S/C20H18N6O4/c1-3-29-19(27)14-11-25(23-21-14)16-9-5-7-13-8-6-10-17(18(13)16)26-12-15(22-24-26)20(28)30-4-2/h5-12H,3-4H2,1-2H3. The van der Waals surface area contributed by atoms with E-state index in [0.29, 0.717) is 11.4 Å². The van der Waals surface area contributed by atoms with Gasteiger partial charge in [-0.1, -0.05) is 34.7 Å². The zero-order valence-electron chi connectivity index (χ0n) is 16.3. The summed E-state index contributed by atoms with van der Waals surface area (Å²) in [5.74, 6) is -1.08. The number of fused-ring (bicyclic) bond motifs is 1. The third-order valence-corrected chi connectivity index (χ3v) is 4.31. The van der Waals surface area contributed by atoms with Crippen LogP contribution in [0.3, 0.4) is 0 Å². The molecule has 0 radical (unpaired) electrons. The summed E-state index contributed by atoms with van der Waals surface area (Å²) in [5, 5.41) is 17.7. The molecule has 2 aromatic carbocycles. The minimum absolute atomic E-state index is 0.108. The molecular formula is C20H18N6O4. The maximum atomic E-state index is 12.0. The van der Waals surface area contributed by atoms with E-state index in [9.17, 15) is 9.59 Å². The third kappa shape index (κ3) is 3.50. The second-order valence-electron chi connectivity index (χ2n) is 6.19. The first kappa shape index (κ1) is 19.2. The van der Waals surface area contributed by atoms with Crippen LogP contribution in [0.1, 0.15) is 34.8 Å². The zero-order valence-corrected chi connectivity index (χ0v) is 16.3. The highest BCUT2D eigenvalue weighted by atomic mass is 16.5. The molecule has 0 fully saturated rings. The monoisotopic (exact) mass is 406 g/mol. The molecule has 4 aromatic rings. The Hall–Kier alpha value is -4.08. The summed E-state index contributed by atoms with van der Waals surface area (Å²) in [6.45, 7) is 3.95. The fourth-order valence-corrected chi connectivity index (χ4v) is 3.04. The Morgan fingerprint density at radius 3 is 1.70 bits per heavy atom. The lowest BCUT2D eigenvalue weighted by Gasteiger charge is -2.11. The normalized spacial score (nSPS) is 10.9. The lowest BCUT2D eigenvalue weighted by Crippen LogP contribution is -2.05. The van der Waals surface area contributed by atoms with Crippen LogP contribution >= 0.6 is 0 Å². The highest BCUT2D eigenvalue weighted by Crippen LogP contribution is 2.28. The Labute approximate surface area is 171 Å². The second-order valence-corrected chi connectivity index (χ2v) is 6.19. The summed E-state index contributed by atoms with van der Waals surface area (Å²) < 4.78 is 13.0. The molecule has 152 valence electrons. The molecule has 0 unspecified atom stereocenters. The minimum atomic E-state index is -0.542. The quantitative estimate of drug-likeness (QED) is 0.448. The molecule has 30 heavy (non-hydrogen) atoms. The van der Waals surface area contributed by atoms with Crippen molar-refractivity contribution >= 4 is 22.7 Å². The first-order valence-electron chi connectivity index (χ1n) is 9.33. The van der Waals surface area contributed by atoms with Crippen molar-refractivity contribution in [3.8, 4) is 11.4 Å². The number of aromatic nitrogens is 6. The van der Waals surface area contributed by atoms with Gasteiger partial charge in [0.25, 0.3) is 0 Å². The van der Waals surface area contributed by atoms with E-state index in [1.807, 2.05) is 36.4 Å². The number of benzene rings is 2. The van der Waals surface area contributed by atoms with Crippen LogP contribution in [0.25, 0.3) is 22.1 Å². The van der Waals surface area contributed by atoms with Gasteiger partial charge in [0.1, 0.15) is 0 Å². The summed E-state index contributed by atoms with van der Waals surface area (Å²) in [4.78, 5) is 23.9. The van der Waals surface area contributed by atoms with Crippen LogP contribution in [0.15, 0.2) is 48.8 Å². The summed E-state index contributed by atoms with van der Waals surface area (Å²) in [6, 6.07) is 11.3. The van der Waals surface area contributed by atoms with Crippen LogP contribution in [-0.4, -0.2) is 55.1 Å². The second kappa shape index (κ2) is 8.11. The number of esters is 2. The van der Waals surface area contributed by atoms with Crippen molar-refractivity contribution in [3.63, 3.8) is 0 Å². The van der Waals surface area contributed by atoms with Gasteiger partial charge >= 0.3 is 11.9 Å². The number of nitrogens with zero attached hydrogens (tertiary/aromatic N) is 6. The smallest absolute Gasteiger partial charge is 0.360 e. The molecular weight excluding hydrogens is 388 g/mol. The Morgan fingerprint density at radius 2 is 1.27 bits per heavy atom. The lowest BCUT2D eigenvalue weighted by atomic mass is 10.1. The minimum Gasteiger partial charge on any atom is -0.461 e. The molecule has 10 heteroatoms. The van der Waals surface area contributed by atoms with E-state index < -0.39 is 11.9 Å². The first-order valence-corrected chi connectivity index (χ1v) is 9.33. The maximum absolute atomic E-state index is 12.0. The van der Waals surface area contributed by atoms with Gasteiger partial charge in [0, 0.05) is 5.39 Å². The Bertz CT molecular complexity index is 1140. The molecule has 0 saturated carbocycles.